The van der Waals surface area contributed by atoms with Crippen molar-refractivity contribution in [3.8, 4) is 0 Å². The summed E-state index contributed by atoms with van der Waals surface area (Å²) in [7, 11) is -3.85. The van der Waals surface area contributed by atoms with Crippen LogP contribution in [0.5, 0.6) is 0 Å². The molecule has 0 aliphatic carbocycles. The second kappa shape index (κ2) is 10.6. The Morgan fingerprint density at radius 2 is 1.62 bits per heavy atom. The highest BCUT2D eigenvalue weighted by molar-refractivity contribution is 7.89. The van der Waals surface area contributed by atoms with Gasteiger partial charge in [0.2, 0.25) is 15.9 Å². The zero-order valence-corrected chi connectivity index (χ0v) is 18.6. The number of hydrogen-bond donors (Lipinski definition) is 2. The van der Waals surface area contributed by atoms with Crippen molar-refractivity contribution in [1.82, 2.24) is 10.0 Å². The second-order valence-corrected chi connectivity index (χ2v) is 9.24. The van der Waals surface area contributed by atoms with Crippen LogP contribution in [0.15, 0.2) is 47.4 Å². The Kier molecular flexibility index (Phi) is 8.41. The van der Waals surface area contributed by atoms with Gasteiger partial charge >= 0.3 is 0 Å². The number of sulfonamides is 1. The maximum absolute atomic E-state index is 13.2. The van der Waals surface area contributed by atoms with Crippen LogP contribution < -0.4 is 10.0 Å². The molecular weight excluding hydrogens is 384 g/mol. The summed E-state index contributed by atoms with van der Waals surface area (Å²) in [5.41, 5.74) is 3.27. The number of carbonyl (C=O) groups excluding carboxylic acids is 1. The lowest BCUT2D eigenvalue weighted by Crippen LogP contribution is -2.48. The number of rotatable bonds is 10. The molecule has 0 aromatic heterocycles. The standard InChI is InChI=1S/C23H32N2O3S/c1-5-6-10-13-24-23(26)21(16-20-11-8-7-9-12-20)25-29(27,28)22-18(3)14-17(2)15-19(22)4/h7-9,11-12,14-15,21,25H,5-6,10,13,16H2,1-4H3,(H,24,26)/t21-/m0/s1. The maximum Gasteiger partial charge on any atom is 0.241 e. The van der Waals surface area contributed by atoms with E-state index in [9.17, 15) is 13.2 Å². The minimum Gasteiger partial charge on any atom is -0.355 e. The monoisotopic (exact) mass is 416 g/mol. The van der Waals surface area contributed by atoms with Gasteiger partial charge < -0.3 is 5.32 Å². The van der Waals surface area contributed by atoms with Crippen molar-refractivity contribution in [1.29, 1.82) is 0 Å². The molecule has 1 amide bonds. The molecular formula is C23H32N2O3S. The van der Waals surface area contributed by atoms with Gasteiger partial charge in [0, 0.05) is 6.54 Å². The number of nitrogens with one attached hydrogen (secondary N) is 2. The summed E-state index contributed by atoms with van der Waals surface area (Å²) in [4.78, 5) is 13.1. The predicted molar refractivity (Wildman–Crippen MR) is 117 cm³/mol. The lowest BCUT2D eigenvalue weighted by Gasteiger charge is -2.20. The van der Waals surface area contributed by atoms with Crippen LogP contribution in [0.2, 0.25) is 0 Å². The molecule has 0 aliphatic rings. The van der Waals surface area contributed by atoms with Crippen molar-refractivity contribution in [2.45, 2.75) is 64.3 Å². The Bertz CT molecular complexity index is 901. The van der Waals surface area contributed by atoms with Gasteiger partial charge in [-0.1, -0.05) is 67.8 Å². The zero-order valence-electron chi connectivity index (χ0n) is 17.8. The van der Waals surface area contributed by atoms with Crippen LogP contribution in [-0.4, -0.2) is 26.9 Å². The molecule has 1 atom stereocenters. The van der Waals surface area contributed by atoms with E-state index in [4.69, 9.17) is 0 Å². The average Bonchev–Trinajstić information content (AvgIpc) is 2.64. The third kappa shape index (κ3) is 6.68. The van der Waals surface area contributed by atoms with Crippen molar-refractivity contribution in [2.24, 2.45) is 0 Å². The van der Waals surface area contributed by atoms with E-state index in [1.54, 1.807) is 13.8 Å². The van der Waals surface area contributed by atoms with Crippen molar-refractivity contribution in [2.75, 3.05) is 6.54 Å². The van der Waals surface area contributed by atoms with Crippen LogP contribution in [0.1, 0.15) is 48.4 Å². The molecule has 0 saturated heterocycles. The maximum atomic E-state index is 13.2. The van der Waals surface area contributed by atoms with Crippen LogP contribution in [0, 0.1) is 20.8 Å². The van der Waals surface area contributed by atoms with Gasteiger partial charge in [-0.2, -0.15) is 4.72 Å². The van der Waals surface area contributed by atoms with E-state index >= 15 is 0 Å². The van der Waals surface area contributed by atoms with Gasteiger partial charge in [-0.25, -0.2) is 8.42 Å². The van der Waals surface area contributed by atoms with E-state index in [2.05, 4.69) is 17.0 Å². The molecule has 0 unspecified atom stereocenters. The minimum absolute atomic E-state index is 0.250. The van der Waals surface area contributed by atoms with E-state index in [1.165, 1.54) is 0 Å². The Morgan fingerprint density at radius 3 is 2.21 bits per heavy atom. The molecule has 158 valence electrons. The molecule has 2 aromatic rings. The van der Waals surface area contributed by atoms with Gasteiger partial charge in [0.25, 0.3) is 0 Å². The molecule has 6 heteroatoms. The van der Waals surface area contributed by atoms with Gasteiger partial charge in [0.05, 0.1) is 4.90 Å². The first kappa shape index (κ1) is 23.1. The lowest BCUT2D eigenvalue weighted by molar-refractivity contribution is -0.122. The van der Waals surface area contributed by atoms with Gasteiger partial charge in [-0.05, 0) is 50.3 Å². The molecule has 0 bridgehead atoms. The fourth-order valence-corrected chi connectivity index (χ4v) is 5.23. The molecule has 0 saturated carbocycles. The molecule has 5 nitrogen and oxygen atoms in total. The number of amides is 1. The Labute approximate surface area is 175 Å². The molecule has 29 heavy (non-hydrogen) atoms. The topological polar surface area (TPSA) is 75.3 Å². The normalized spacial score (nSPS) is 12.6. The summed E-state index contributed by atoms with van der Waals surface area (Å²) in [5, 5.41) is 2.88. The first-order valence-corrected chi connectivity index (χ1v) is 11.6. The average molecular weight is 417 g/mol. The Morgan fingerprint density at radius 1 is 1.00 bits per heavy atom. The Hall–Kier alpha value is -2.18. The summed E-state index contributed by atoms with van der Waals surface area (Å²) in [5.74, 6) is -0.295. The van der Waals surface area contributed by atoms with Crippen molar-refractivity contribution < 1.29 is 13.2 Å². The highest BCUT2D eigenvalue weighted by Crippen LogP contribution is 2.22. The van der Waals surface area contributed by atoms with Crippen LogP contribution >= 0.6 is 0 Å². The minimum atomic E-state index is -3.85. The molecule has 2 N–H and O–H groups in total. The van der Waals surface area contributed by atoms with Crippen LogP contribution in [0.25, 0.3) is 0 Å². The number of carbonyl (C=O) groups is 1. The van der Waals surface area contributed by atoms with E-state index in [0.717, 1.165) is 30.4 Å². The fourth-order valence-electron chi connectivity index (χ4n) is 3.58. The van der Waals surface area contributed by atoms with E-state index < -0.39 is 16.1 Å². The quantitative estimate of drug-likeness (QED) is 0.578. The lowest BCUT2D eigenvalue weighted by atomic mass is 10.1. The van der Waals surface area contributed by atoms with Crippen molar-refractivity contribution >= 4 is 15.9 Å². The summed E-state index contributed by atoms with van der Waals surface area (Å²) >= 11 is 0. The summed E-state index contributed by atoms with van der Waals surface area (Å²) in [6.07, 6.45) is 3.26. The zero-order chi connectivity index (χ0) is 21.4. The third-order valence-electron chi connectivity index (χ3n) is 4.85. The van der Waals surface area contributed by atoms with Gasteiger partial charge in [-0.15, -0.1) is 0 Å². The largest absolute Gasteiger partial charge is 0.355 e. The van der Waals surface area contributed by atoms with Crippen LogP contribution in [0.3, 0.4) is 0 Å². The molecule has 2 rings (SSSR count). The molecule has 0 fully saturated rings. The van der Waals surface area contributed by atoms with E-state index in [-0.39, 0.29) is 10.8 Å². The number of benzene rings is 2. The van der Waals surface area contributed by atoms with Crippen LogP contribution in [-0.2, 0) is 21.2 Å². The number of hydrogen-bond acceptors (Lipinski definition) is 3. The van der Waals surface area contributed by atoms with Crippen molar-refractivity contribution in [3.05, 3.63) is 64.7 Å². The van der Waals surface area contributed by atoms with E-state index in [1.807, 2.05) is 49.4 Å². The molecule has 0 radical (unpaired) electrons. The smallest absolute Gasteiger partial charge is 0.241 e. The van der Waals surface area contributed by atoms with Crippen molar-refractivity contribution in [3.63, 3.8) is 0 Å². The van der Waals surface area contributed by atoms with Gasteiger partial charge in [0.15, 0.2) is 0 Å². The molecule has 0 spiro atoms. The predicted octanol–water partition coefficient (Wildman–Crippen LogP) is 3.81. The SMILES string of the molecule is CCCCCNC(=O)[C@H](Cc1ccccc1)NS(=O)(=O)c1c(C)cc(C)cc1C. The summed E-state index contributed by atoms with van der Waals surface area (Å²) in [6, 6.07) is 12.3. The fraction of sp³-hybridized carbons (Fsp3) is 0.435. The third-order valence-corrected chi connectivity index (χ3v) is 6.63. The van der Waals surface area contributed by atoms with Gasteiger partial charge in [0.1, 0.15) is 6.04 Å². The molecule has 2 aromatic carbocycles. The first-order chi connectivity index (χ1) is 13.7. The summed E-state index contributed by atoms with van der Waals surface area (Å²) < 4.78 is 29.0. The first-order valence-electron chi connectivity index (χ1n) is 10.2. The second-order valence-electron chi connectivity index (χ2n) is 7.59. The molecule has 0 heterocycles. The molecule has 0 aliphatic heterocycles. The van der Waals surface area contributed by atoms with E-state index in [0.29, 0.717) is 24.1 Å². The van der Waals surface area contributed by atoms with Crippen LogP contribution in [0.4, 0.5) is 0 Å². The highest BCUT2D eigenvalue weighted by atomic mass is 32.2. The van der Waals surface area contributed by atoms with Gasteiger partial charge in [-0.3, -0.25) is 4.79 Å². The highest BCUT2D eigenvalue weighted by Gasteiger charge is 2.28. The number of aryl methyl sites for hydroxylation is 3. The Balaban J connectivity index is 2.27. The summed E-state index contributed by atoms with van der Waals surface area (Å²) in [6.45, 7) is 8.14. The number of unbranched alkanes of at least 4 members (excludes halogenated alkanes) is 2.